The van der Waals surface area contributed by atoms with Gasteiger partial charge in [0, 0.05) is 30.6 Å². The lowest BCUT2D eigenvalue weighted by Crippen LogP contribution is -2.37. The second-order valence-corrected chi connectivity index (χ2v) is 8.09. The summed E-state index contributed by atoms with van der Waals surface area (Å²) in [6.45, 7) is 0. The molecule has 0 aliphatic carbocycles. The number of rotatable bonds is 4. The Morgan fingerprint density at radius 3 is 2.77 bits per heavy atom. The Morgan fingerprint density at radius 1 is 1.23 bits per heavy atom. The zero-order valence-electron chi connectivity index (χ0n) is 16.8. The lowest BCUT2D eigenvalue weighted by molar-refractivity contribution is 0.439. The van der Waals surface area contributed by atoms with Crippen molar-refractivity contribution in [2.75, 3.05) is 17.3 Å². The van der Waals surface area contributed by atoms with Crippen LogP contribution in [0.5, 0.6) is 11.8 Å². The van der Waals surface area contributed by atoms with Crippen LogP contribution in [0.15, 0.2) is 30.9 Å². The second kappa shape index (κ2) is 6.74. The Kier molecular flexibility index (Phi) is 3.97. The van der Waals surface area contributed by atoms with Crippen molar-refractivity contribution >= 4 is 33.4 Å². The number of fused-ring (bicyclic) bond motifs is 5. The van der Waals surface area contributed by atoms with E-state index < -0.39 is 0 Å². The summed E-state index contributed by atoms with van der Waals surface area (Å²) < 4.78 is 20.3. The summed E-state index contributed by atoms with van der Waals surface area (Å²) in [6.07, 6.45) is 7.52. The Labute approximate surface area is 176 Å². The molecule has 3 aromatic heterocycles. The first-order chi connectivity index (χ1) is 15.1. The van der Waals surface area contributed by atoms with E-state index in [1.807, 2.05) is 0 Å². The summed E-state index contributed by atoms with van der Waals surface area (Å²) in [5, 5.41) is 4.55. The zero-order chi connectivity index (χ0) is 21.1. The number of ether oxygens (including phenoxy) is 1. The monoisotopic (exact) mass is 420 g/mol. The molecule has 0 saturated carbocycles. The number of nitrogens with two attached hydrogens (primary N) is 1. The molecular formula is C21H21FN8O. The molecule has 4 aromatic rings. The van der Waals surface area contributed by atoms with Gasteiger partial charge in [-0.05, 0) is 31.4 Å². The Bertz CT molecular complexity index is 1290. The fourth-order valence-corrected chi connectivity index (χ4v) is 5.06. The molecule has 3 atom stereocenters. The third-order valence-corrected chi connectivity index (χ3v) is 6.33. The van der Waals surface area contributed by atoms with Crippen LogP contribution in [0, 0.1) is 5.82 Å². The fourth-order valence-electron chi connectivity index (χ4n) is 5.06. The lowest BCUT2D eigenvalue weighted by atomic mass is 9.97. The highest BCUT2D eigenvalue weighted by molar-refractivity contribution is 6.14. The number of nitrogens with one attached hydrogen (secondary N) is 2. The van der Waals surface area contributed by atoms with E-state index in [4.69, 9.17) is 15.5 Å². The van der Waals surface area contributed by atoms with E-state index in [9.17, 15) is 4.39 Å². The van der Waals surface area contributed by atoms with Gasteiger partial charge in [0.2, 0.25) is 0 Å². The molecule has 10 heteroatoms. The number of H-pyrrole nitrogens is 1. The third-order valence-electron chi connectivity index (χ3n) is 6.33. The summed E-state index contributed by atoms with van der Waals surface area (Å²) in [5.74, 6) is 0.828. The van der Waals surface area contributed by atoms with Gasteiger partial charge in [-0.25, -0.2) is 14.4 Å². The molecule has 31 heavy (non-hydrogen) atoms. The van der Waals surface area contributed by atoms with Crippen molar-refractivity contribution in [3.05, 3.63) is 36.7 Å². The molecule has 158 valence electrons. The van der Waals surface area contributed by atoms with Gasteiger partial charge in [0.05, 0.1) is 29.0 Å². The molecule has 2 saturated heterocycles. The molecule has 4 N–H and O–H groups in total. The van der Waals surface area contributed by atoms with Crippen LogP contribution in [0.25, 0.3) is 21.9 Å². The van der Waals surface area contributed by atoms with E-state index in [2.05, 4.69) is 30.2 Å². The summed E-state index contributed by atoms with van der Waals surface area (Å²) >= 11 is 0. The van der Waals surface area contributed by atoms with E-state index in [0.29, 0.717) is 23.1 Å². The SMILES string of the molecule is CNc1cc(F)cc2c1[nH]c1nc(Oc3cncnc3)nc(N3C4CCC3C(N)C4)c12. The van der Waals surface area contributed by atoms with E-state index >= 15 is 0 Å². The number of benzene rings is 1. The van der Waals surface area contributed by atoms with Crippen LogP contribution >= 0.6 is 0 Å². The van der Waals surface area contributed by atoms with Gasteiger partial charge in [-0.2, -0.15) is 9.97 Å². The van der Waals surface area contributed by atoms with Crippen molar-refractivity contribution < 1.29 is 9.13 Å². The molecule has 0 spiro atoms. The molecule has 2 aliphatic heterocycles. The first kappa shape index (κ1) is 18.3. The minimum absolute atomic E-state index is 0.0884. The summed E-state index contributed by atoms with van der Waals surface area (Å²) in [5.41, 5.74) is 8.40. The summed E-state index contributed by atoms with van der Waals surface area (Å²) in [7, 11) is 1.76. The average Bonchev–Trinajstić information content (AvgIpc) is 3.43. The van der Waals surface area contributed by atoms with E-state index in [1.165, 1.54) is 18.5 Å². The largest absolute Gasteiger partial charge is 0.421 e. The van der Waals surface area contributed by atoms with Crippen LogP contribution in [-0.4, -0.2) is 50.1 Å². The smallest absolute Gasteiger partial charge is 0.326 e. The van der Waals surface area contributed by atoms with Crippen LogP contribution in [0.2, 0.25) is 0 Å². The Morgan fingerprint density at radius 2 is 2.06 bits per heavy atom. The second-order valence-electron chi connectivity index (χ2n) is 8.09. The van der Waals surface area contributed by atoms with Crippen LogP contribution < -0.4 is 20.7 Å². The minimum Gasteiger partial charge on any atom is -0.421 e. The van der Waals surface area contributed by atoms with E-state index in [-0.39, 0.29) is 23.9 Å². The third kappa shape index (κ3) is 2.78. The van der Waals surface area contributed by atoms with Crippen molar-refractivity contribution in [3.63, 3.8) is 0 Å². The maximum atomic E-state index is 14.4. The van der Waals surface area contributed by atoms with Gasteiger partial charge in [0.1, 0.15) is 23.6 Å². The van der Waals surface area contributed by atoms with Crippen LogP contribution in [0.4, 0.5) is 15.9 Å². The molecule has 0 amide bonds. The van der Waals surface area contributed by atoms with Crippen LogP contribution in [-0.2, 0) is 0 Å². The highest BCUT2D eigenvalue weighted by atomic mass is 19.1. The molecule has 2 aliphatic rings. The molecule has 9 nitrogen and oxygen atoms in total. The van der Waals surface area contributed by atoms with Gasteiger partial charge >= 0.3 is 6.01 Å². The lowest BCUT2D eigenvalue weighted by Gasteiger charge is -2.25. The van der Waals surface area contributed by atoms with Crippen molar-refractivity contribution in [2.24, 2.45) is 5.73 Å². The van der Waals surface area contributed by atoms with Gasteiger partial charge in [-0.15, -0.1) is 0 Å². The van der Waals surface area contributed by atoms with Gasteiger partial charge in [-0.1, -0.05) is 0 Å². The topological polar surface area (TPSA) is 118 Å². The fraction of sp³-hybridized carbons (Fsp3) is 0.333. The molecule has 5 heterocycles. The van der Waals surface area contributed by atoms with Gasteiger partial charge in [0.25, 0.3) is 0 Å². The predicted molar refractivity (Wildman–Crippen MR) is 115 cm³/mol. The number of aromatic nitrogens is 5. The Hall–Kier alpha value is -3.53. The van der Waals surface area contributed by atoms with Gasteiger partial charge in [-0.3, -0.25) is 0 Å². The maximum Gasteiger partial charge on any atom is 0.326 e. The molecule has 6 rings (SSSR count). The number of anilines is 2. The Balaban J connectivity index is 1.60. The van der Waals surface area contributed by atoms with Gasteiger partial charge in [0.15, 0.2) is 5.75 Å². The quantitative estimate of drug-likeness (QED) is 0.461. The summed E-state index contributed by atoms with van der Waals surface area (Å²) in [6, 6.07) is 3.73. The number of aromatic amines is 1. The first-order valence-electron chi connectivity index (χ1n) is 10.3. The number of halogens is 1. The molecule has 3 unspecified atom stereocenters. The van der Waals surface area contributed by atoms with Gasteiger partial charge < -0.3 is 25.7 Å². The average molecular weight is 420 g/mol. The minimum atomic E-state index is -0.327. The molecule has 2 fully saturated rings. The molecule has 1 aromatic carbocycles. The molecule has 2 bridgehead atoms. The highest BCUT2D eigenvalue weighted by Gasteiger charge is 2.46. The predicted octanol–water partition coefficient (Wildman–Crippen LogP) is 2.94. The molecular weight excluding hydrogens is 399 g/mol. The first-order valence-corrected chi connectivity index (χ1v) is 10.3. The van der Waals surface area contributed by atoms with Crippen molar-refractivity contribution in [2.45, 2.75) is 37.4 Å². The molecule has 0 radical (unpaired) electrons. The number of hydrogen-bond acceptors (Lipinski definition) is 8. The maximum absolute atomic E-state index is 14.4. The van der Waals surface area contributed by atoms with E-state index in [0.717, 1.165) is 41.4 Å². The van der Waals surface area contributed by atoms with E-state index in [1.54, 1.807) is 19.4 Å². The standard InChI is InChI=1S/C21H21FN8O/c1-24-15-5-10(22)4-13-17-19(27-18(13)15)28-21(31-12-7-25-9-26-8-12)29-20(17)30-11-2-3-16(30)14(23)6-11/h4-5,7-9,11,14,16,24H,2-3,6,23H2,1H3,(H,27,28,29). The van der Waals surface area contributed by atoms with Crippen molar-refractivity contribution in [1.29, 1.82) is 0 Å². The summed E-state index contributed by atoms with van der Waals surface area (Å²) in [4.78, 5) is 22.9. The normalized spacial score (nSPS) is 22.5. The highest BCUT2D eigenvalue weighted by Crippen LogP contribution is 2.45. The van der Waals surface area contributed by atoms with Crippen LogP contribution in [0.3, 0.4) is 0 Å². The number of hydrogen-bond donors (Lipinski definition) is 3. The van der Waals surface area contributed by atoms with Crippen LogP contribution in [0.1, 0.15) is 19.3 Å². The number of nitrogens with zero attached hydrogens (tertiary/aromatic N) is 5. The van der Waals surface area contributed by atoms with Crippen molar-refractivity contribution in [3.8, 4) is 11.8 Å². The zero-order valence-corrected chi connectivity index (χ0v) is 16.8. The van der Waals surface area contributed by atoms with Crippen molar-refractivity contribution in [1.82, 2.24) is 24.9 Å².